The zero-order valence-electron chi connectivity index (χ0n) is 15.8. The van der Waals surface area contributed by atoms with E-state index in [-0.39, 0.29) is 36.5 Å². The van der Waals surface area contributed by atoms with Crippen LogP contribution in [0.25, 0.3) is 0 Å². The van der Waals surface area contributed by atoms with E-state index in [1.54, 1.807) is 31.3 Å². The maximum absolute atomic E-state index is 13.5. The van der Waals surface area contributed by atoms with Crippen molar-refractivity contribution < 1.29 is 18.4 Å². The first-order valence-corrected chi connectivity index (χ1v) is 9.01. The molecule has 0 aliphatic heterocycles. The van der Waals surface area contributed by atoms with E-state index in [1.807, 2.05) is 0 Å². The lowest BCUT2D eigenvalue weighted by Gasteiger charge is -2.07. The van der Waals surface area contributed by atoms with E-state index in [2.05, 4.69) is 10.6 Å². The Hall–Kier alpha value is -3.68. The Balaban J connectivity index is 1.47. The first-order chi connectivity index (χ1) is 13.9. The van der Waals surface area contributed by atoms with Crippen molar-refractivity contribution in [2.45, 2.75) is 13.5 Å². The molecule has 0 bridgehead atoms. The third-order valence-electron chi connectivity index (χ3n) is 4.24. The highest BCUT2D eigenvalue weighted by Gasteiger charge is 2.12. The summed E-state index contributed by atoms with van der Waals surface area (Å²) in [6, 6.07) is 12.2. The molecular weight excluding hydrogens is 377 g/mol. The molecule has 7 nitrogen and oxygen atoms in total. The molecule has 0 aliphatic carbocycles. The first kappa shape index (κ1) is 20.1. The number of aromatic nitrogens is 1. The molecule has 0 unspecified atom stereocenters. The van der Waals surface area contributed by atoms with Crippen LogP contribution in [0.3, 0.4) is 0 Å². The predicted molar refractivity (Wildman–Crippen MR) is 104 cm³/mol. The van der Waals surface area contributed by atoms with Gasteiger partial charge in [-0.1, -0.05) is 12.1 Å². The second-order valence-electron chi connectivity index (χ2n) is 6.41. The fraction of sp³-hybridized carbons (Fsp3) is 0.190. The topological polar surface area (TPSA) is 93.3 Å². The largest absolute Gasteiger partial charge is 0.454 e. The van der Waals surface area contributed by atoms with E-state index in [9.17, 15) is 18.8 Å². The van der Waals surface area contributed by atoms with E-state index in [1.165, 1.54) is 34.9 Å². The Kier molecular flexibility index (Phi) is 6.23. The van der Waals surface area contributed by atoms with Crippen molar-refractivity contribution in [3.63, 3.8) is 0 Å². The molecule has 2 aromatic heterocycles. The van der Waals surface area contributed by atoms with Crippen LogP contribution in [-0.4, -0.2) is 29.5 Å². The minimum atomic E-state index is -0.447. The number of hydrogen-bond acceptors (Lipinski definition) is 4. The summed E-state index contributed by atoms with van der Waals surface area (Å²) in [7, 11) is 0. The lowest BCUT2D eigenvalue weighted by molar-refractivity contribution is 0.0909. The standard InChI is InChI=1S/C21H20FN3O4/c1-14-5-6-15(12-17(14)22)20(27)23-9-10-24-21(28)18-8-7-16(29-18)13-25-11-3-2-4-19(25)26/h2-8,11-12H,9-10,13H2,1H3,(H,23,27)(H,24,28). The lowest BCUT2D eigenvalue weighted by atomic mass is 10.1. The Bertz CT molecular complexity index is 1090. The number of halogens is 1. The number of furan rings is 1. The van der Waals surface area contributed by atoms with E-state index in [0.29, 0.717) is 11.3 Å². The van der Waals surface area contributed by atoms with Gasteiger partial charge >= 0.3 is 0 Å². The number of pyridine rings is 1. The van der Waals surface area contributed by atoms with Crippen molar-refractivity contribution in [1.29, 1.82) is 0 Å². The van der Waals surface area contributed by atoms with Gasteiger partial charge in [0.25, 0.3) is 17.4 Å². The van der Waals surface area contributed by atoms with Crippen LogP contribution in [0.1, 0.15) is 32.2 Å². The maximum atomic E-state index is 13.5. The van der Waals surface area contributed by atoms with Gasteiger partial charge in [-0.05, 0) is 42.8 Å². The molecule has 3 aromatic rings. The number of benzene rings is 1. The van der Waals surface area contributed by atoms with Gasteiger partial charge in [0.2, 0.25) is 0 Å². The average Bonchev–Trinajstić information content (AvgIpc) is 3.17. The van der Waals surface area contributed by atoms with Gasteiger partial charge in [-0.2, -0.15) is 0 Å². The highest BCUT2D eigenvalue weighted by molar-refractivity contribution is 5.94. The van der Waals surface area contributed by atoms with Crippen LogP contribution in [0.2, 0.25) is 0 Å². The second-order valence-corrected chi connectivity index (χ2v) is 6.41. The van der Waals surface area contributed by atoms with Crippen LogP contribution in [0.4, 0.5) is 4.39 Å². The van der Waals surface area contributed by atoms with Gasteiger partial charge < -0.3 is 19.6 Å². The van der Waals surface area contributed by atoms with Crippen LogP contribution in [0.15, 0.2) is 63.9 Å². The van der Waals surface area contributed by atoms with Crippen molar-refractivity contribution >= 4 is 11.8 Å². The Morgan fingerprint density at radius 1 is 1.03 bits per heavy atom. The summed E-state index contributed by atoms with van der Waals surface area (Å²) in [5.74, 6) is -0.731. The zero-order chi connectivity index (χ0) is 20.8. The molecule has 8 heteroatoms. The van der Waals surface area contributed by atoms with Crippen LogP contribution in [0.5, 0.6) is 0 Å². The lowest BCUT2D eigenvalue weighted by Crippen LogP contribution is -2.34. The highest BCUT2D eigenvalue weighted by Crippen LogP contribution is 2.10. The van der Waals surface area contributed by atoms with Crippen molar-refractivity contribution in [2.24, 2.45) is 0 Å². The van der Waals surface area contributed by atoms with Crippen molar-refractivity contribution in [3.8, 4) is 0 Å². The van der Waals surface area contributed by atoms with Crippen LogP contribution in [-0.2, 0) is 6.54 Å². The van der Waals surface area contributed by atoms with Gasteiger partial charge in [0, 0.05) is 30.9 Å². The first-order valence-electron chi connectivity index (χ1n) is 9.01. The van der Waals surface area contributed by atoms with Crippen molar-refractivity contribution in [2.75, 3.05) is 13.1 Å². The molecule has 0 aliphatic rings. The molecule has 2 heterocycles. The van der Waals surface area contributed by atoms with Gasteiger partial charge in [-0.15, -0.1) is 0 Å². The normalized spacial score (nSPS) is 10.6. The number of nitrogens with one attached hydrogen (secondary N) is 2. The number of rotatable bonds is 7. The average molecular weight is 397 g/mol. The van der Waals surface area contributed by atoms with E-state index >= 15 is 0 Å². The third kappa shape index (κ3) is 5.19. The fourth-order valence-electron chi connectivity index (χ4n) is 2.62. The van der Waals surface area contributed by atoms with E-state index < -0.39 is 17.6 Å². The van der Waals surface area contributed by atoms with Gasteiger partial charge in [-0.25, -0.2) is 4.39 Å². The number of hydrogen-bond donors (Lipinski definition) is 2. The Labute approximate surface area is 166 Å². The predicted octanol–water partition coefficient (Wildman–Crippen LogP) is 2.10. The molecule has 0 saturated carbocycles. The second kappa shape index (κ2) is 9.01. The van der Waals surface area contributed by atoms with Gasteiger partial charge in [0.05, 0.1) is 6.54 Å². The minimum absolute atomic E-state index is 0.107. The smallest absolute Gasteiger partial charge is 0.287 e. The summed E-state index contributed by atoms with van der Waals surface area (Å²) in [4.78, 5) is 35.8. The SMILES string of the molecule is Cc1ccc(C(=O)NCCNC(=O)c2ccc(Cn3ccccc3=O)o2)cc1F. The van der Waals surface area contributed by atoms with Gasteiger partial charge in [0.1, 0.15) is 11.6 Å². The van der Waals surface area contributed by atoms with Gasteiger partial charge in [0.15, 0.2) is 5.76 Å². The number of carbonyl (C=O) groups is 2. The van der Waals surface area contributed by atoms with Crippen LogP contribution in [0, 0.1) is 12.7 Å². The summed E-state index contributed by atoms with van der Waals surface area (Å²) in [5, 5.41) is 5.23. The quantitative estimate of drug-likeness (QED) is 0.597. The zero-order valence-corrected chi connectivity index (χ0v) is 15.8. The summed E-state index contributed by atoms with van der Waals surface area (Å²) in [6.07, 6.45) is 1.63. The summed E-state index contributed by atoms with van der Waals surface area (Å²) in [5.41, 5.74) is 0.508. The number of carbonyl (C=O) groups excluding carboxylic acids is 2. The molecule has 0 saturated heterocycles. The molecule has 0 radical (unpaired) electrons. The molecule has 2 N–H and O–H groups in total. The summed E-state index contributed by atoms with van der Waals surface area (Å²) < 4.78 is 20.5. The number of aryl methyl sites for hydroxylation is 1. The number of amides is 2. The minimum Gasteiger partial charge on any atom is -0.454 e. The Morgan fingerprint density at radius 2 is 1.79 bits per heavy atom. The monoisotopic (exact) mass is 397 g/mol. The van der Waals surface area contributed by atoms with E-state index in [0.717, 1.165) is 0 Å². The molecule has 2 amide bonds. The molecule has 150 valence electrons. The fourth-order valence-corrected chi connectivity index (χ4v) is 2.62. The van der Waals surface area contributed by atoms with Crippen molar-refractivity contribution in [3.05, 3.63) is 93.5 Å². The van der Waals surface area contributed by atoms with Crippen LogP contribution < -0.4 is 16.2 Å². The van der Waals surface area contributed by atoms with Crippen molar-refractivity contribution in [1.82, 2.24) is 15.2 Å². The number of nitrogens with zero attached hydrogens (tertiary/aromatic N) is 1. The maximum Gasteiger partial charge on any atom is 0.287 e. The molecular formula is C21H20FN3O4. The third-order valence-corrected chi connectivity index (χ3v) is 4.24. The van der Waals surface area contributed by atoms with Gasteiger partial charge in [-0.3, -0.25) is 14.4 Å². The summed E-state index contributed by atoms with van der Waals surface area (Å²) >= 11 is 0. The highest BCUT2D eigenvalue weighted by atomic mass is 19.1. The van der Waals surface area contributed by atoms with Crippen LogP contribution >= 0.6 is 0 Å². The summed E-state index contributed by atoms with van der Waals surface area (Å²) in [6.45, 7) is 2.18. The molecule has 0 fully saturated rings. The van der Waals surface area contributed by atoms with E-state index in [4.69, 9.17) is 4.42 Å². The molecule has 0 spiro atoms. The molecule has 0 atom stereocenters. The molecule has 3 rings (SSSR count). The molecule has 29 heavy (non-hydrogen) atoms. The molecule has 1 aromatic carbocycles. The Morgan fingerprint density at radius 3 is 2.52 bits per heavy atom.